The van der Waals surface area contributed by atoms with Gasteiger partial charge in [0.2, 0.25) is 0 Å². The van der Waals surface area contributed by atoms with Gasteiger partial charge in [0.05, 0.1) is 0 Å². The third-order valence-corrected chi connectivity index (χ3v) is 2.67. The van der Waals surface area contributed by atoms with Gasteiger partial charge in [0.1, 0.15) is 0 Å². The molecule has 1 aromatic heterocycles. The molecule has 0 bridgehead atoms. The molecular weight excluding hydrogens is 218 g/mol. The quantitative estimate of drug-likeness (QED) is 0.809. The Morgan fingerprint density at radius 2 is 2.06 bits per heavy atom. The van der Waals surface area contributed by atoms with E-state index in [4.69, 9.17) is 12.2 Å². The second kappa shape index (κ2) is 6.43. The van der Waals surface area contributed by atoms with Gasteiger partial charge in [-0.2, -0.15) is 0 Å². The number of pyridine rings is 1. The first kappa shape index (κ1) is 12.9. The van der Waals surface area contributed by atoms with E-state index in [1.54, 1.807) is 0 Å². The van der Waals surface area contributed by atoms with Crippen molar-refractivity contribution in [3.05, 3.63) is 30.1 Å². The average Bonchev–Trinajstić information content (AvgIpc) is 2.26. The van der Waals surface area contributed by atoms with Gasteiger partial charge in [-0.15, -0.1) is 0 Å². The van der Waals surface area contributed by atoms with Crippen molar-refractivity contribution in [3.63, 3.8) is 0 Å². The fourth-order valence-electron chi connectivity index (χ4n) is 1.30. The molecule has 4 heteroatoms. The van der Waals surface area contributed by atoms with Crippen LogP contribution >= 0.6 is 12.2 Å². The van der Waals surface area contributed by atoms with E-state index >= 15 is 0 Å². The van der Waals surface area contributed by atoms with Crippen LogP contribution in [0.1, 0.15) is 19.4 Å². The first-order valence-corrected chi connectivity index (χ1v) is 5.91. The molecule has 1 rings (SSSR count). The van der Waals surface area contributed by atoms with Crippen LogP contribution in [0.4, 0.5) is 0 Å². The van der Waals surface area contributed by atoms with Gasteiger partial charge in [0.25, 0.3) is 0 Å². The fourth-order valence-corrected chi connectivity index (χ4v) is 1.63. The molecular formula is C12H19N3S. The highest BCUT2D eigenvalue weighted by molar-refractivity contribution is 7.80. The van der Waals surface area contributed by atoms with Gasteiger partial charge in [-0.25, -0.2) is 0 Å². The van der Waals surface area contributed by atoms with E-state index in [0.717, 1.165) is 18.1 Å². The number of likely N-dealkylation sites (N-methyl/N-ethyl adjacent to an activating group) is 1. The number of rotatable bonds is 4. The van der Waals surface area contributed by atoms with Crippen molar-refractivity contribution in [2.75, 3.05) is 13.6 Å². The summed E-state index contributed by atoms with van der Waals surface area (Å²) < 4.78 is 0. The van der Waals surface area contributed by atoms with Gasteiger partial charge in [-0.05, 0) is 50.2 Å². The van der Waals surface area contributed by atoms with Crippen molar-refractivity contribution < 1.29 is 0 Å². The number of thiocarbonyl (C=S) groups is 1. The molecule has 0 spiro atoms. The molecule has 0 radical (unpaired) electrons. The molecule has 0 aromatic carbocycles. The van der Waals surface area contributed by atoms with Crippen molar-refractivity contribution in [1.82, 2.24) is 15.2 Å². The molecule has 0 saturated heterocycles. The summed E-state index contributed by atoms with van der Waals surface area (Å²) in [6, 6.07) is 4.45. The lowest BCUT2D eigenvalue weighted by Crippen LogP contribution is -2.41. The smallest absolute Gasteiger partial charge is 0.168 e. The van der Waals surface area contributed by atoms with Crippen molar-refractivity contribution in [3.8, 4) is 0 Å². The summed E-state index contributed by atoms with van der Waals surface area (Å²) >= 11 is 5.27. The molecule has 16 heavy (non-hydrogen) atoms. The second-order valence-corrected chi connectivity index (χ2v) is 4.52. The highest BCUT2D eigenvalue weighted by Gasteiger charge is 2.04. The molecule has 0 amide bonds. The average molecular weight is 237 g/mol. The molecule has 88 valence electrons. The normalized spacial score (nSPS) is 10.2. The zero-order valence-electron chi connectivity index (χ0n) is 10.1. The first-order valence-electron chi connectivity index (χ1n) is 5.50. The first-order chi connectivity index (χ1) is 7.59. The Morgan fingerprint density at radius 3 is 2.62 bits per heavy atom. The van der Waals surface area contributed by atoms with E-state index in [-0.39, 0.29) is 0 Å². The van der Waals surface area contributed by atoms with Gasteiger partial charge in [-0.1, -0.05) is 0 Å². The molecule has 3 nitrogen and oxygen atoms in total. The Balaban J connectivity index is 2.35. The summed E-state index contributed by atoms with van der Waals surface area (Å²) in [5.41, 5.74) is 1.29. The predicted octanol–water partition coefficient (Wildman–Crippen LogP) is 1.84. The SMILES string of the molecule is CC(C)NC(=S)N(C)CCc1ccncc1. The van der Waals surface area contributed by atoms with Crippen LogP contribution in [0.15, 0.2) is 24.5 Å². The zero-order valence-corrected chi connectivity index (χ0v) is 10.9. The molecule has 0 saturated carbocycles. The minimum Gasteiger partial charge on any atom is -0.360 e. The van der Waals surface area contributed by atoms with Crippen molar-refractivity contribution in [2.45, 2.75) is 26.3 Å². The molecule has 0 unspecified atom stereocenters. The lowest BCUT2D eigenvalue weighted by molar-refractivity contribution is 0.488. The van der Waals surface area contributed by atoms with Crippen LogP contribution in [-0.2, 0) is 6.42 Å². The largest absolute Gasteiger partial charge is 0.360 e. The maximum absolute atomic E-state index is 5.27. The van der Waals surface area contributed by atoms with E-state index in [2.05, 4.69) is 29.0 Å². The molecule has 1 N–H and O–H groups in total. The van der Waals surface area contributed by atoms with E-state index in [9.17, 15) is 0 Å². The maximum Gasteiger partial charge on any atom is 0.168 e. The van der Waals surface area contributed by atoms with Gasteiger partial charge in [0.15, 0.2) is 5.11 Å². The zero-order chi connectivity index (χ0) is 12.0. The number of nitrogens with zero attached hydrogens (tertiary/aromatic N) is 2. The number of aromatic nitrogens is 1. The third kappa shape index (κ3) is 4.57. The predicted molar refractivity (Wildman–Crippen MR) is 71.4 cm³/mol. The molecule has 0 fully saturated rings. The third-order valence-electron chi connectivity index (χ3n) is 2.24. The number of nitrogens with one attached hydrogen (secondary N) is 1. The van der Waals surface area contributed by atoms with E-state index in [0.29, 0.717) is 6.04 Å². The van der Waals surface area contributed by atoms with Crippen LogP contribution in [0.5, 0.6) is 0 Å². The van der Waals surface area contributed by atoms with Crippen molar-refractivity contribution in [2.24, 2.45) is 0 Å². The van der Waals surface area contributed by atoms with Gasteiger partial charge in [0, 0.05) is 32.0 Å². The second-order valence-electron chi connectivity index (χ2n) is 4.13. The standard InChI is InChI=1S/C12H19N3S/c1-10(2)14-12(16)15(3)9-6-11-4-7-13-8-5-11/h4-5,7-8,10H,6,9H2,1-3H3,(H,14,16). The Labute approximate surface area is 103 Å². The molecule has 0 aliphatic heterocycles. The van der Waals surface area contributed by atoms with Crippen LogP contribution in [0, 0.1) is 0 Å². The molecule has 0 aliphatic carbocycles. The molecule has 1 heterocycles. The minimum absolute atomic E-state index is 0.385. The maximum atomic E-state index is 5.27. The lowest BCUT2D eigenvalue weighted by Gasteiger charge is -2.22. The molecule has 0 atom stereocenters. The van der Waals surface area contributed by atoms with Crippen molar-refractivity contribution >= 4 is 17.3 Å². The van der Waals surface area contributed by atoms with E-state index in [1.165, 1.54) is 5.56 Å². The van der Waals surface area contributed by atoms with Crippen LogP contribution in [0.25, 0.3) is 0 Å². The summed E-state index contributed by atoms with van der Waals surface area (Å²) in [5.74, 6) is 0. The minimum atomic E-state index is 0.385. The van der Waals surface area contributed by atoms with E-state index in [1.807, 2.05) is 31.6 Å². The summed E-state index contributed by atoms with van der Waals surface area (Å²) in [4.78, 5) is 6.06. The summed E-state index contributed by atoms with van der Waals surface area (Å²) in [6.07, 6.45) is 4.62. The summed E-state index contributed by atoms with van der Waals surface area (Å²) in [6.45, 7) is 5.09. The van der Waals surface area contributed by atoms with Crippen LogP contribution < -0.4 is 5.32 Å². The number of hydrogen-bond acceptors (Lipinski definition) is 2. The monoisotopic (exact) mass is 237 g/mol. The Morgan fingerprint density at radius 1 is 1.44 bits per heavy atom. The van der Waals surface area contributed by atoms with Gasteiger partial charge >= 0.3 is 0 Å². The highest BCUT2D eigenvalue weighted by atomic mass is 32.1. The van der Waals surface area contributed by atoms with Crippen LogP contribution in [-0.4, -0.2) is 34.6 Å². The molecule has 0 aliphatic rings. The van der Waals surface area contributed by atoms with Crippen molar-refractivity contribution in [1.29, 1.82) is 0 Å². The molecule has 1 aromatic rings. The Kier molecular flexibility index (Phi) is 5.19. The van der Waals surface area contributed by atoms with E-state index < -0.39 is 0 Å². The lowest BCUT2D eigenvalue weighted by atomic mass is 10.2. The Bertz CT molecular complexity index is 324. The highest BCUT2D eigenvalue weighted by Crippen LogP contribution is 1.99. The summed E-state index contributed by atoms with van der Waals surface area (Å²) in [5, 5.41) is 4.03. The van der Waals surface area contributed by atoms with Crippen LogP contribution in [0.3, 0.4) is 0 Å². The number of hydrogen-bond donors (Lipinski definition) is 1. The van der Waals surface area contributed by atoms with Crippen LogP contribution in [0.2, 0.25) is 0 Å². The van der Waals surface area contributed by atoms with Gasteiger partial charge in [-0.3, -0.25) is 4.98 Å². The Hall–Kier alpha value is -1.16. The topological polar surface area (TPSA) is 28.2 Å². The van der Waals surface area contributed by atoms with Gasteiger partial charge < -0.3 is 10.2 Å². The summed E-state index contributed by atoms with van der Waals surface area (Å²) in [7, 11) is 2.01. The fraction of sp³-hybridized carbons (Fsp3) is 0.500.